The summed E-state index contributed by atoms with van der Waals surface area (Å²) in [7, 11) is 3.12. The predicted molar refractivity (Wildman–Crippen MR) is 203 cm³/mol. The Hall–Kier alpha value is -5.35. The van der Waals surface area contributed by atoms with Crippen molar-refractivity contribution in [3.63, 3.8) is 0 Å². The number of hydrogen-bond donors (Lipinski definition) is 6. The number of H-pyrrole nitrogens is 1. The lowest BCUT2D eigenvalue weighted by molar-refractivity contribution is -0.141. The molecule has 5 heterocycles. The molecule has 5 aromatic rings. The van der Waals surface area contributed by atoms with Crippen LogP contribution in [0.2, 0.25) is 0 Å². The van der Waals surface area contributed by atoms with Crippen LogP contribution < -0.4 is 32.2 Å². The van der Waals surface area contributed by atoms with E-state index in [1.165, 1.54) is 16.7 Å². The van der Waals surface area contributed by atoms with Crippen LogP contribution >= 0.6 is 11.8 Å². The van der Waals surface area contributed by atoms with Crippen molar-refractivity contribution >= 4 is 40.4 Å². The largest absolute Gasteiger partial charge is 0.481 e. The molecule has 6 rings (SSSR count). The lowest BCUT2D eigenvalue weighted by atomic mass is 10.0. The van der Waals surface area contributed by atoms with Crippen molar-refractivity contribution in [2.75, 3.05) is 27.2 Å². The Labute approximate surface area is 311 Å². The lowest BCUT2D eigenvalue weighted by Crippen LogP contribution is -2.59. The molecule has 14 nitrogen and oxygen atoms in total. The average Bonchev–Trinajstić information content (AvgIpc) is 3.60. The second-order valence-electron chi connectivity index (χ2n) is 12.7. The molecule has 4 aromatic heterocycles. The van der Waals surface area contributed by atoms with E-state index in [1.54, 1.807) is 32.6 Å². The number of pyridine rings is 3. The predicted octanol–water partition coefficient (Wildman–Crippen LogP) is 2.52. The first-order chi connectivity index (χ1) is 25.8. The zero-order chi connectivity index (χ0) is 37.3. The maximum absolute atomic E-state index is 14.3. The van der Waals surface area contributed by atoms with E-state index in [1.807, 2.05) is 60.8 Å². The zero-order valence-electron chi connectivity index (χ0n) is 29.7. The SMILES string of the molecule is COc1cc(-c2ccc3c(n2)CNC(=O)[C@H](Cc2c[nH]c4ccccc24)N(C)C(=O)[C@H](CN)NC(=O)[C@H](CCCN)NCc2cccnc2S3)ccn1. The van der Waals surface area contributed by atoms with Gasteiger partial charge in [-0.3, -0.25) is 14.4 Å². The Morgan fingerprint density at radius 2 is 1.81 bits per heavy atom. The van der Waals surface area contributed by atoms with E-state index < -0.39 is 29.9 Å². The summed E-state index contributed by atoms with van der Waals surface area (Å²) < 4.78 is 5.35. The van der Waals surface area contributed by atoms with Crippen molar-refractivity contribution in [2.24, 2.45) is 11.5 Å². The third kappa shape index (κ3) is 8.83. The lowest BCUT2D eigenvalue weighted by Gasteiger charge is -2.31. The van der Waals surface area contributed by atoms with Crippen LogP contribution in [-0.4, -0.2) is 87.9 Å². The summed E-state index contributed by atoms with van der Waals surface area (Å²) in [5.41, 5.74) is 16.6. The molecule has 0 aliphatic carbocycles. The average molecular weight is 737 g/mol. The molecule has 0 fully saturated rings. The molecule has 8 N–H and O–H groups in total. The van der Waals surface area contributed by atoms with E-state index in [2.05, 4.69) is 30.9 Å². The molecule has 53 heavy (non-hydrogen) atoms. The van der Waals surface area contributed by atoms with E-state index in [0.717, 1.165) is 32.5 Å². The van der Waals surface area contributed by atoms with Gasteiger partial charge in [0, 0.05) is 72.6 Å². The normalized spacial score (nSPS) is 18.8. The molecule has 1 aliphatic heterocycles. The number of carbonyl (C=O) groups excluding carboxylic acids is 3. The first kappa shape index (κ1) is 37.4. The first-order valence-electron chi connectivity index (χ1n) is 17.4. The molecule has 0 bridgehead atoms. The van der Waals surface area contributed by atoms with Crippen LogP contribution in [-0.2, 0) is 33.9 Å². The van der Waals surface area contributed by atoms with Crippen molar-refractivity contribution in [1.29, 1.82) is 0 Å². The fourth-order valence-electron chi connectivity index (χ4n) is 6.28. The second kappa shape index (κ2) is 17.4. The molecule has 1 aliphatic rings. The number of hydrogen-bond acceptors (Lipinski definition) is 11. The standard InChI is InChI=1S/C38H44N10O4S/c1-48-32(17-25-21-43-28-9-4-3-8-26(25)28)36(50)45-22-31-33(12-11-27(46-31)23-13-16-41-34(18-23)52-2)53-37-24(7-6-15-42-37)20-44-29(10-5-14-39)35(49)47-30(19-40)38(48)51/h3-4,6-9,11-13,15-16,18,21,29-30,32,43-44H,5,10,14,17,19-20,22,39-40H2,1-2H3,(H,45,50)(H,47,49)/t29-,30-,32-/m0/s1. The Kier molecular flexibility index (Phi) is 12.3. The molecule has 276 valence electrons. The van der Waals surface area contributed by atoms with Gasteiger partial charge in [0.15, 0.2) is 0 Å². The summed E-state index contributed by atoms with van der Waals surface area (Å²) in [6.45, 7) is 0.608. The zero-order valence-corrected chi connectivity index (χ0v) is 30.5. The fraction of sp³-hybridized carbons (Fsp3) is 0.316. The molecule has 0 radical (unpaired) electrons. The van der Waals surface area contributed by atoms with Gasteiger partial charge in [0.2, 0.25) is 23.6 Å². The quantitative estimate of drug-likeness (QED) is 0.137. The summed E-state index contributed by atoms with van der Waals surface area (Å²) >= 11 is 1.42. The molecule has 3 atom stereocenters. The number of rotatable bonds is 8. The number of carbonyl (C=O) groups is 3. The molecule has 0 unspecified atom stereocenters. The van der Waals surface area contributed by atoms with Gasteiger partial charge in [-0.25, -0.2) is 15.0 Å². The van der Waals surface area contributed by atoms with Crippen molar-refractivity contribution in [3.8, 4) is 17.1 Å². The molecule has 0 saturated carbocycles. The van der Waals surface area contributed by atoms with Gasteiger partial charge in [0.25, 0.3) is 0 Å². The van der Waals surface area contributed by atoms with Gasteiger partial charge in [-0.05, 0) is 60.8 Å². The number of nitrogens with zero attached hydrogens (tertiary/aromatic N) is 4. The summed E-state index contributed by atoms with van der Waals surface area (Å²) in [6, 6.07) is 16.3. The monoisotopic (exact) mass is 736 g/mol. The highest BCUT2D eigenvalue weighted by Gasteiger charge is 2.34. The van der Waals surface area contributed by atoms with Crippen LogP contribution in [0.5, 0.6) is 5.88 Å². The number of aromatic nitrogens is 4. The summed E-state index contributed by atoms with van der Waals surface area (Å²) in [5.74, 6) is -0.819. The summed E-state index contributed by atoms with van der Waals surface area (Å²) in [6.07, 6.45) is 6.43. The Balaban J connectivity index is 1.42. The number of nitrogens with two attached hydrogens (primary N) is 2. The molecule has 1 aromatic carbocycles. The molecular formula is C38H44N10O4S. The number of likely N-dealkylation sites (N-methyl/N-ethyl adjacent to an activating group) is 1. The number of nitrogens with one attached hydrogen (secondary N) is 4. The third-order valence-electron chi connectivity index (χ3n) is 9.27. The van der Waals surface area contributed by atoms with Crippen molar-refractivity contribution in [1.82, 2.24) is 40.8 Å². The van der Waals surface area contributed by atoms with Crippen LogP contribution in [0.15, 0.2) is 89.2 Å². The maximum atomic E-state index is 14.3. The first-order valence-corrected chi connectivity index (χ1v) is 18.3. The highest BCUT2D eigenvalue weighted by Crippen LogP contribution is 2.33. The molecule has 15 heteroatoms. The van der Waals surface area contributed by atoms with E-state index in [-0.39, 0.29) is 25.4 Å². The maximum Gasteiger partial charge on any atom is 0.246 e. The van der Waals surface area contributed by atoms with Gasteiger partial charge < -0.3 is 42.0 Å². The van der Waals surface area contributed by atoms with E-state index in [9.17, 15) is 14.4 Å². The van der Waals surface area contributed by atoms with Gasteiger partial charge in [0.1, 0.15) is 17.1 Å². The minimum atomic E-state index is -1.07. The minimum Gasteiger partial charge on any atom is -0.481 e. The summed E-state index contributed by atoms with van der Waals surface area (Å²) in [5, 5.41) is 10.9. The molecular weight excluding hydrogens is 693 g/mol. The van der Waals surface area contributed by atoms with Crippen LogP contribution in [0.1, 0.15) is 29.7 Å². The Bertz CT molecular complexity index is 2070. The number of benzene rings is 1. The molecule has 0 spiro atoms. The van der Waals surface area contributed by atoms with Gasteiger partial charge in [-0.15, -0.1) is 0 Å². The number of methoxy groups -OCH3 is 1. The van der Waals surface area contributed by atoms with E-state index >= 15 is 0 Å². The highest BCUT2D eigenvalue weighted by molar-refractivity contribution is 7.99. The van der Waals surface area contributed by atoms with Gasteiger partial charge >= 0.3 is 0 Å². The van der Waals surface area contributed by atoms with Gasteiger partial charge in [0.05, 0.1) is 31.1 Å². The smallest absolute Gasteiger partial charge is 0.246 e. The molecule has 3 amide bonds. The van der Waals surface area contributed by atoms with Crippen LogP contribution in [0.3, 0.4) is 0 Å². The highest BCUT2D eigenvalue weighted by atomic mass is 32.2. The second-order valence-corrected chi connectivity index (χ2v) is 13.7. The fourth-order valence-corrected chi connectivity index (χ4v) is 7.25. The van der Waals surface area contributed by atoms with Crippen LogP contribution in [0, 0.1) is 0 Å². The number of amides is 3. The topological polar surface area (TPSA) is 206 Å². The molecule has 0 saturated heterocycles. The number of ether oxygens (including phenoxy) is 1. The Morgan fingerprint density at radius 1 is 0.962 bits per heavy atom. The number of para-hydroxylation sites is 1. The van der Waals surface area contributed by atoms with Gasteiger partial charge in [-0.1, -0.05) is 36.0 Å². The van der Waals surface area contributed by atoms with Crippen molar-refractivity contribution in [3.05, 3.63) is 96.1 Å². The van der Waals surface area contributed by atoms with E-state index in [0.29, 0.717) is 48.2 Å². The minimum absolute atomic E-state index is 0.0578. The van der Waals surface area contributed by atoms with Crippen molar-refractivity contribution < 1.29 is 19.1 Å². The van der Waals surface area contributed by atoms with Crippen molar-refractivity contribution in [2.45, 2.75) is 60.4 Å². The number of aromatic amines is 1. The van der Waals surface area contributed by atoms with Crippen LogP contribution in [0.25, 0.3) is 22.2 Å². The van der Waals surface area contributed by atoms with E-state index in [4.69, 9.17) is 21.2 Å². The van der Waals surface area contributed by atoms with Gasteiger partial charge in [-0.2, -0.15) is 0 Å². The number of fused-ring (bicyclic) bond motifs is 3. The van der Waals surface area contributed by atoms with Crippen LogP contribution in [0.4, 0.5) is 0 Å². The Morgan fingerprint density at radius 3 is 2.62 bits per heavy atom. The summed E-state index contributed by atoms with van der Waals surface area (Å²) in [4.78, 5) is 61.5. The third-order valence-corrected chi connectivity index (χ3v) is 10.4.